The van der Waals surface area contributed by atoms with E-state index in [1.165, 1.54) is 12.1 Å². The number of rotatable bonds is 6. The third kappa shape index (κ3) is 4.53. The highest BCUT2D eigenvalue weighted by Crippen LogP contribution is 2.26. The maximum atomic E-state index is 12.3. The summed E-state index contributed by atoms with van der Waals surface area (Å²) in [6.45, 7) is -1.02. The van der Waals surface area contributed by atoms with Crippen molar-refractivity contribution in [2.75, 3.05) is 11.9 Å². The summed E-state index contributed by atoms with van der Waals surface area (Å²) in [7, 11) is 0. The summed E-state index contributed by atoms with van der Waals surface area (Å²) in [6.07, 6.45) is -2.65. The highest BCUT2D eigenvalue weighted by atomic mass is 19.4. The third-order valence-corrected chi connectivity index (χ3v) is 3.66. The SMILES string of the molecule is O=C(CCn1cnc2ccccc21)Nc1ccccc1OCC(F)(F)F. The van der Waals surface area contributed by atoms with Gasteiger partial charge in [0.2, 0.25) is 5.91 Å². The van der Waals surface area contributed by atoms with Gasteiger partial charge in [0.15, 0.2) is 6.61 Å². The maximum Gasteiger partial charge on any atom is 0.422 e. The molecule has 0 aliphatic carbocycles. The monoisotopic (exact) mass is 363 g/mol. The number of aryl methyl sites for hydroxylation is 1. The molecule has 1 amide bonds. The van der Waals surface area contributed by atoms with Crippen LogP contribution in [-0.2, 0) is 11.3 Å². The van der Waals surface area contributed by atoms with Crippen LogP contribution in [0.5, 0.6) is 5.75 Å². The summed E-state index contributed by atoms with van der Waals surface area (Å²) in [6, 6.07) is 13.6. The number of nitrogens with one attached hydrogen (secondary N) is 1. The fourth-order valence-corrected chi connectivity index (χ4v) is 2.48. The van der Waals surface area contributed by atoms with Crippen LogP contribution >= 0.6 is 0 Å². The average molecular weight is 363 g/mol. The molecule has 0 fully saturated rings. The number of halogens is 3. The number of imidazole rings is 1. The van der Waals surface area contributed by atoms with Crippen molar-refractivity contribution in [2.45, 2.75) is 19.1 Å². The first-order chi connectivity index (χ1) is 12.4. The molecular weight excluding hydrogens is 347 g/mol. The Balaban J connectivity index is 1.61. The topological polar surface area (TPSA) is 56.2 Å². The maximum absolute atomic E-state index is 12.3. The van der Waals surface area contributed by atoms with Crippen LogP contribution in [0.3, 0.4) is 0 Å². The van der Waals surface area contributed by atoms with Gasteiger partial charge in [-0.2, -0.15) is 13.2 Å². The largest absolute Gasteiger partial charge is 0.482 e. The van der Waals surface area contributed by atoms with Crippen molar-refractivity contribution in [1.29, 1.82) is 0 Å². The molecule has 0 aliphatic rings. The van der Waals surface area contributed by atoms with Gasteiger partial charge >= 0.3 is 6.18 Å². The number of amides is 1. The zero-order valence-corrected chi connectivity index (χ0v) is 13.7. The molecule has 136 valence electrons. The summed E-state index contributed by atoms with van der Waals surface area (Å²) in [5.74, 6) is -0.350. The number of para-hydroxylation sites is 4. The molecule has 0 saturated heterocycles. The Labute approximate surface area is 147 Å². The van der Waals surface area contributed by atoms with Crippen molar-refractivity contribution in [3.05, 3.63) is 54.9 Å². The first-order valence-electron chi connectivity index (χ1n) is 7.91. The van der Waals surface area contributed by atoms with Crippen molar-refractivity contribution in [1.82, 2.24) is 9.55 Å². The van der Waals surface area contributed by atoms with Crippen LogP contribution in [0.25, 0.3) is 11.0 Å². The molecule has 3 rings (SSSR count). The predicted molar refractivity (Wildman–Crippen MR) is 91.0 cm³/mol. The molecule has 3 aromatic rings. The summed E-state index contributed by atoms with van der Waals surface area (Å²) in [4.78, 5) is 16.4. The molecule has 0 aliphatic heterocycles. The third-order valence-electron chi connectivity index (χ3n) is 3.66. The van der Waals surface area contributed by atoms with Gasteiger partial charge in [-0.1, -0.05) is 24.3 Å². The second-order valence-corrected chi connectivity index (χ2v) is 5.62. The Bertz CT molecular complexity index is 906. The van der Waals surface area contributed by atoms with E-state index in [2.05, 4.69) is 10.3 Å². The Morgan fingerprint density at radius 2 is 1.85 bits per heavy atom. The lowest BCUT2D eigenvalue weighted by molar-refractivity contribution is -0.153. The van der Waals surface area contributed by atoms with Gasteiger partial charge in [-0.15, -0.1) is 0 Å². The van der Waals surface area contributed by atoms with Gasteiger partial charge in [0, 0.05) is 13.0 Å². The quantitative estimate of drug-likeness (QED) is 0.720. The van der Waals surface area contributed by atoms with Gasteiger partial charge in [0.05, 0.1) is 23.0 Å². The van der Waals surface area contributed by atoms with Gasteiger partial charge in [0.25, 0.3) is 0 Å². The van der Waals surface area contributed by atoms with Crippen LogP contribution in [0.4, 0.5) is 18.9 Å². The van der Waals surface area contributed by atoms with Crippen LogP contribution in [0, 0.1) is 0 Å². The number of carbonyl (C=O) groups is 1. The Morgan fingerprint density at radius 1 is 1.12 bits per heavy atom. The van der Waals surface area contributed by atoms with Gasteiger partial charge < -0.3 is 14.6 Å². The van der Waals surface area contributed by atoms with Crippen LogP contribution < -0.4 is 10.1 Å². The van der Waals surface area contributed by atoms with E-state index in [0.29, 0.717) is 6.54 Å². The van der Waals surface area contributed by atoms with Crippen molar-refractivity contribution in [2.24, 2.45) is 0 Å². The molecule has 0 spiro atoms. The van der Waals surface area contributed by atoms with Gasteiger partial charge in [0.1, 0.15) is 5.75 Å². The van der Waals surface area contributed by atoms with Gasteiger partial charge in [-0.25, -0.2) is 4.98 Å². The van der Waals surface area contributed by atoms with E-state index < -0.39 is 12.8 Å². The first-order valence-corrected chi connectivity index (χ1v) is 7.91. The van der Waals surface area contributed by atoms with E-state index in [4.69, 9.17) is 4.74 Å². The highest BCUT2D eigenvalue weighted by molar-refractivity contribution is 5.92. The van der Waals surface area contributed by atoms with Crippen molar-refractivity contribution >= 4 is 22.6 Å². The molecule has 1 aromatic heterocycles. The van der Waals surface area contributed by atoms with Crippen LogP contribution in [0.2, 0.25) is 0 Å². The number of benzene rings is 2. The number of carbonyl (C=O) groups excluding carboxylic acids is 1. The smallest absolute Gasteiger partial charge is 0.422 e. The predicted octanol–water partition coefficient (Wildman–Crippen LogP) is 4.01. The van der Waals surface area contributed by atoms with Gasteiger partial charge in [-0.3, -0.25) is 4.79 Å². The number of aromatic nitrogens is 2. The minimum Gasteiger partial charge on any atom is -0.482 e. The Kier molecular flexibility index (Phi) is 5.11. The molecule has 0 unspecified atom stereocenters. The van der Waals surface area contributed by atoms with Crippen LogP contribution in [-0.4, -0.2) is 28.2 Å². The molecule has 0 radical (unpaired) electrons. The lowest BCUT2D eigenvalue weighted by Gasteiger charge is -2.14. The number of fused-ring (bicyclic) bond motifs is 1. The molecular formula is C18H16F3N3O2. The number of anilines is 1. The number of ether oxygens (including phenoxy) is 1. The lowest BCUT2D eigenvalue weighted by Crippen LogP contribution is -2.20. The normalized spacial score (nSPS) is 11.5. The molecule has 8 heteroatoms. The molecule has 0 bridgehead atoms. The number of alkyl halides is 3. The van der Waals surface area contributed by atoms with E-state index in [1.54, 1.807) is 18.5 Å². The summed E-state index contributed by atoms with van der Waals surface area (Å²) in [5, 5.41) is 2.59. The lowest BCUT2D eigenvalue weighted by atomic mass is 10.2. The van der Waals surface area contributed by atoms with Crippen molar-refractivity contribution < 1.29 is 22.7 Å². The van der Waals surface area contributed by atoms with Crippen molar-refractivity contribution in [3.8, 4) is 5.75 Å². The summed E-state index contributed by atoms with van der Waals surface area (Å²) in [5.41, 5.74) is 1.95. The standard InChI is InChI=1S/C18H16F3N3O2/c19-18(20,21)11-26-16-8-4-2-6-14(16)23-17(25)9-10-24-12-22-13-5-1-3-7-15(13)24/h1-8,12H,9-11H2,(H,23,25). The molecule has 26 heavy (non-hydrogen) atoms. The van der Waals surface area contributed by atoms with E-state index in [9.17, 15) is 18.0 Å². The van der Waals surface area contributed by atoms with E-state index >= 15 is 0 Å². The zero-order chi connectivity index (χ0) is 18.6. The number of hydrogen-bond acceptors (Lipinski definition) is 3. The van der Waals surface area contributed by atoms with E-state index in [0.717, 1.165) is 11.0 Å². The fourth-order valence-electron chi connectivity index (χ4n) is 2.48. The minimum absolute atomic E-state index is 0.0220. The minimum atomic E-state index is -4.44. The Hall–Kier alpha value is -3.03. The number of hydrogen-bond donors (Lipinski definition) is 1. The van der Waals surface area contributed by atoms with Crippen LogP contribution in [0.1, 0.15) is 6.42 Å². The zero-order valence-electron chi connectivity index (χ0n) is 13.7. The second-order valence-electron chi connectivity index (χ2n) is 5.62. The molecule has 1 N–H and O–H groups in total. The van der Waals surface area contributed by atoms with Gasteiger partial charge in [-0.05, 0) is 24.3 Å². The number of nitrogens with zero attached hydrogens (tertiary/aromatic N) is 2. The average Bonchev–Trinajstić information content (AvgIpc) is 3.02. The molecule has 2 aromatic carbocycles. The Morgan fingerprint density at radius 3 is 2.65 bits per heavy atom. The molecule has 5 nitrogen and oxygen atoms in total. The fraction of sp³-hybridized carbons (Fsp3) is 0.222. The van der Waals surface area contributed by atoms with E-state index in [-0.39, 0.29) is 23.8 Å². The van der Waals surface area contributed by atoms with Crippen LogP contribution in [0.15, 0.2) is 54.9 Å². The molecule has 0 atom stereocenters. The molecule has 1 heterocycles. The second kappa shape index (κ2) is 7.47. The summed E-state index contributed by atoms with van der Waals surface area (Å²) < 4.78 is 43.6. The van der Waals surface area contributed by atoms with E-state index in [1.807, 2.05) is 28.8 Å². The first kappa shape index (κ1) is 17.8. The van der Waals surface area contributed by atoms with Crippen molar-refractivity contribution in [3.63, 3.8) is 0 Å². The summed E-state index contributed by atoms with van der Waals surface area (Å²) >= 11 is 0. The molecule has 0 saturated carbocycles. The highest BCUT2D eigenvalue weighted by Gasteiger charge is 2.28.